The maximum Gasteiger partial charge on any atom is 0.377 e. The van der Waals surface area contributed by atoms with Crippen molar-refractivity contribution in [1.82, 2.24) is 0 Å². The van der Waals surface area contributed by atoms with Crippen molar-refractivity contribution in [3.8, 4) is 11.5 Å². The number of fused-ring (bicyclic) bond motifs is 1. The first-order valence-corrected chi connectivity index (χ1v) is 5.05. The molecule has 1 aromatic rings. The highest BCUT2D eigenvalue weighted by Gasteiger charge is 2.21. The molecule has 0 unspecified atom stereocenters. The van der Waals surface area contributed by atoms with Crippen LogP contribution in [0.4, 0.5) is 0 Å². The maximum atomic E-state index is 11.4. The minimum atomic E-state index is -0.586. The molecular formula is C12H10O5. The summed E-state index contributed by atoms with van der Waals surface area (Å²) < 4.78 is 15.3. The first-order valence-electron chi connectivity index (χ1n) is 5.05. The fraction of sp³-hybridized carbons (Fsp3) is 0.167. The quantitative estimate of drug-likeness (QED) is 0.588. The monoisotopic (exact) mass is 234 g/mol. The maximum absolute atomic E-state index is 11.4. The first-order chi connectivity index (χ1) is 8.24. The van der Waals surface area contributed by atoms with Crippen LogP contribution in [-0.2, 0) is 9.53 Å². The van der Waals surface area contributed by atoms with E-state index in [-0.39, 0.29) is 12.4 Å². The Labute approximate surface area is 97.6 Å². The van der Waals surface area contributed by atoms with Gasteiger partial charge in [-0.1, -0.05) is 0 Å². The van der Waals surface area contributed by atoms with Crippen LogP contribution in [-0.4, -0.2) is 18.9 Å². The number of carbonyl (C=O) groups excluding carboxylic acids is 2. The van der Waals surface area contributed by atoms with E-state index in [2.05, 4.69) is 0 Å². The molecule has 0 saturated carbocycles. The standard InChI is InChI=1S/C12H10O5/c1-2-15-12(14)11-7-16-10-5-8(6-13)3-4-9(10)17-11/h3-7H,2H2,1H3. The van der Waals surface area contributed by atoms with E-state index in [9.17, 15) is 9.59 Å². The smallest absolute Gasteiger partial charge is 0.377 e. The number of aldehydes is 1. The molecule has 0 N–H and O–H groups in total. The summed E-state index contributed by atoms with van der Waals surface area (Å²) in [5, 5.41) is 0. The zero-order valence-corrected chi connectivity index (χ0v) is 9.14. The van der Waals surface area contributed by atoms with Gasteiger partial charge in [0, 0.05) is 5.56 Å². The van der Waals surface area contributed by atoms with Gasteiger partial charge < -0.3 is 14.2 Å². The Morgan fingerprint density at radius 2 is 2.24 bits per heavy atom. The summed E-state index contributed by atoms with van der Waals surface area (Å²) in [6.45, 7) is 1.96. The number of hydrogen-bond donors (Lipinski definition) is 0. The fourth-order valence-electron chi connectivity index (χ4n) is 1.33. The molecule has 17 heavy (non-hydrogen) atoms. The number of hydrogen-bond acceptors (Lipinski definition) is 5. The van der Waals surface area contributed by atoms with Gasteiger partial charge in [0.15, 0.2) is 11.5 Å². The molecule has 0 fully saturated rings. The molecule has 1 aromatic carbocycles. The van der Waals surface area contributed by atoms with Gasteiger partial charge in [0.2, 0.25) is 5.76 Å². The predicted octanol–water partition coefficient (Wildman–Crippen LogP) is 1.67. The third-order valence-corrected chi connectivity index (χ3v) is 2.09. The molecule has 1 heterocycles. The van der Waals surface area contributed by atoms with E-state index in [4.69, 9.17) is 14.2 Å². The summed E-state index contributed by atoms with van der Waals surface area (Å²) in [6, 6.07) is 4.66. The molecule has 5 nitrogen and oxygen atoms in total. The zero-order chi connectivity index (χ0) is 12.3. The van der Waals surface area contributed by atoms with Crippen molar-refractivity contribution in [1.29, 1.82) is 0 Å². The lowest BCUT2D eigenvalue weighted by atomic mass is 10.2. The van der Waals surface area contributed by atoms with Crippen LogP contribution < -0.4 is 9.47 Å². The van der Waals surface area contributed by atoms with E-state index in [0.717, 1.165) is 6.26 Å². The van der Waals surface area contributed by atoms with Crippen molar-refractivity contribution >= 4 is 12.3 Å². The molecule has 5 heteroatoms. The first kappa shape index (κ1) is 11.2. The van der Waals surface area contributed by atoms with Crippen LogP contribution in [0.2, 0.25) is 0 Å². The highest BCUT2D eigenvalue weighted by Crippen LogP contribution is 2.33. The van der Waals surface area contributed by atoms with Crippen LogP contribution >= 0.6 is 0 Å². The second-order valence-electron chi connectivity index (χ2n) is 3.25. The van der Waals surface area contributed by atoms with E-state index in [0.29, 0.717) is 23.3 Å². The van der Waals surface area contributed by atoms with Crippen molar-refractivity contribution < 1.29 is 23.8 Å². The van der Waals surface area contributed by atoms with Gasteiger partial charge in [-0.05, 0) is 25.1 Å². The van der Waals surface area contributed by atoms with E-state index in [1.807, 2.05) is 0 Å². The summed E-state index contributed by atoms with van der Waals surface area (Å²) >= 11 is 0. The minimum Gasteiger partial charge on any atom is -0.460 e. The minimum absolute atomic E-state index is 0.0156. The predicted molar refractivity (Wildman–Crippen MR) is 57.8 cm³/mol. The van der Waals surface area contributed by atoms with E-state index < -0.39 is 5.97 Å². The van der Waals surface area contributed by atoms with Gasteiger partial charge in [0.25, 0.3) is 0 Å². The van der Waals surface area contributed by atoms with Crippen LogP contribution in [0.5, 0.6) is 11.5 Å². The molecule has 0 aliphatic carbocycles. The van der Waals surface area contributed by atoms with E-state index in [1.165, 1.54) is 6.07 Å². The topological polar surface area (TPSA) is 61.8 Å². The molecule has 88 valence electrons. The summed E-state index contributed by atoms with van der Waals surface area (Å²) in [5.41, 5.74) is 0.473. The van der Waals surface area contributed by atoms with Crippen molar-refractivity contribution in [2.45, 2.75) is 6.92 Å². The normalized spacial score (nSPS) is 12.6. The Morgan fingerprint density at radius 3 is 2.94 bits per heavy atom. The Morgan fingerprint density at radius 1 is 1.41 bits per heavy atom. The SMILES string of the molecule is CCOC(=O)C1=COc2cc(C=O)ccc2O1. The Kier molecular flexibility index (Phi) is 3.09. The summed E-state index contributed by atoms with van der Waals surface area (Å²) in [4.78, 5) is 21.9. The lowest BCUT2D eigenvalue weighted by Crippen LogP contribution is -2.16. The third kappa shape index (κ3) is 2.28. The van der Waals surface area contributed by atoms with Crippen LogP contribution in [0.25, 0.3) is 0 Å². The Bertz CT molecular complexity index is 490. The highest BCUT2D eigenvalue weighted by atomic mass is 16.6. The number of ether oxygens (including phenoxy) is 3. The lowest BCUT2D eigenvalue weighted by molar-refractivity contribution is -0.141. The van der Waals surface area contributed by atoms with Gasteiger partial charge >= 0.3 is 5.97 Å². The molecule has 0 bridgehead atoms. The average molecular weight is 234 g/mol. The van der Waals surface area contributed by atoms with Crippen molar-refractivity contribution in [2.24, 2.45) is 0 Å². The molecule has 1 aliphatic heterocycles. The second kappa shape index (κ2) is 4.69. The molecular weight excluding hydrogens is 224 g/mol. The van der Waals surface area contributed by atoms with Crippen LogP contribution in [0.3, 0.4) is 0 Å². The van der Waals surface area contributed by atoms with E-state index in [1.54, 1.807) is 19.1 Å². The molecule has 0 amide bonds. The van der Waals surface area contributed by atoms with Gasteiger partial charge in [-0.15, -0.1) is 0 Å². The van der Waals surface area contributed by atoms with Gasteiger partial charge in [0.05, 0.1) is 6.61 Å². The van der Waals surface area contributed by atoms with Crippen molar-refractivity contribution in [2.75, 3.05) is 6.61 Å². The van der Waals surface area contributed by atoms with Crippen LogP contribution in [0.1, 0.15) is 17.3 Å². The molecule has 0 aromatic heterocycles. The second-order valence-corrected chi connectivity index (χ2v) is 3.25. The highest BCUT2D eigenvalue weighted by molar-refractivity contribution is 5.87. The largest absolute Gasteiger partial charge is 0.460 e. The average Bonchev–Trinajstić information content (AvgIpc) is 2.37. The van der Waals surface area contributed by atoms with Crippen molar-refractivity contribution in [3.05, 3.63) is 35.8 Å². The van der Waals surface area contributed by atoms with Gasteiger partial charge in [-0.25, -0.2) is 4.79 Å². The van der Waals surface area contributed by atoms with Crippen LogP contribution in [0, 0.1) is 0 Å². The Balaban J connectivity index is 2.20. The number of rotatable bonds is 3. The zero-order valence-electron chi connectivity index (χ0n) is 9.14. The van der Waals surface area contributed by atoms with E-state index >= 15 is 0 Å². The summed E-state index contributed by atoms with van der Waals surface area (Å²) in [6.07, 6.45) is 1.86. The molecule has 1 aliphatic rings. The Hall–Kier alpha value is -2.30. The molecule has 0 saturated heterocycles. The fourth-order valence-corrected chi connectivity index (χ4v) is 1.33. The van der Waals surface area contributed by atoms with Gasteiger partial charge in [-0.3, -0.25) is 4.79 Å². The molecule has 2 rings (SSSR count). The third-order valence-electron chi connectivity index (χ3n) is 2.09. The van der Waals surface area contributed by atoms with Crippen LogP contribution in [0.15, 0.2) is 30.2 Å². The molecule has 0 radical (unpaired) electrons. The summed E-state index contributed by atoms with van der Waals surface area (Å²) in [7, 11) is 0. The van der Waals surface area contributed by atoms with Gasteiger partial charge in [0.1, 0.15) is 12.5 Å². The summed E-state index contributed by atoms with van der Waals surface area (Å²) in [5.74, 6) is 0.166. The number of benzene rings is 1. The molecule has 0 spiro atoms. The van der Waals surface area contributed by atoms with Gasteiger partial charge in [-0.2, -0.15) is 0 Å². The van der Waals surface area contributed by atoms with Crippen molar-refractivity contribution in [3.63, 3.8) is 0 Å². The number of carbonyl (C=O) groups is 2. The lowest BCUT2D eigenvalue weighted by Gasteiger charge is -2.17. The number of esters is 1. The molecule has 0 atom stereocenters.